The Hall–Kier alpha value is -1.64. The maximum atomic E-state index is 11.9. The average Bonchev–Trinajstić information content (AvgIpc) is 2.60. The highest BCUT2D eigenvalue weighted by Crippen LogP contribution is 2.19. The number of urea groups is 1. The normalized spacial score (nSPS) is 14.8. The van der Waals surface area contributed by atoms with Crippen molar-refractivity contribution in [2.75, 3.05) is 51.3 Å². The van der Waals surface area contributed by atoms with Crippen LogP contribution in [0.4, 0.5) is 10.5 Å². The highest BCUT2D eigenvalue weighted by molar-refractivity contribution is 9.10. The first-order valence-corrected chi connectivity index (χ1v) is 9.21. The summed E-state index contributed by atoms with van der Waals surface area (Å²) in [5, 5.41) is 8.12. The number of nitrogens with zero attached hydrogens (tertiary/aromatic N) is 1. The standard InChI is InChI=1S/C17H25BrN4O3/c1-13-11-14(18)3-4-15(13)21-16(23)12-20-17(24)19-5-2-6-22-7-9-25-10-8-22/h3-4,11H,2,5-10,12H2,1H3,(H,21,23)(H2,19,20,24). The first-order valence-electron chi connectivity index (χ1n) is 8.42. The van der Waals surface area contributed by atoms with Crippen molar-refractivity contribution >= 4 is 33.6 Å². The van der Waals surface area contributed by atoms with Crippen molar-refractivity contribution in [1.82, 2.24) is 15.5 Å². The number of rotatable bonds is 7. The molecular weight excluding hydrogens is 388 g/mol. The van der Waals surface area contributed by atoms with Crippen molar-refractivity contribution in [3.8, 4) is 0 Å². The molecule has 1 fully saturated rings. The van der Waals surface area contributed by atoms with Crippen molar-refractivity contribution in [3.05, 3.63) is 28.2 Å². The van der Waals surface area contributed by atoms with Crippen LogP contribution in [0.15, 0.2) is 22.7 Å². The van der Waals surface area contributed by atoms with Crippen LogP contribution >= 0.6 is 15.9 Å². The summed E-state index contributed by atoms with van der Waals surface area (Å²) in [6.45, 7) is 6.81. The van der Waals surface area contributed by atoms with E-state index in [2.05, 4.69) is 36.8 Å². The topological polar surface area (TPSA) is 82.7 Å². The molecule has 0 saturated carbocycles. The van der Waals surface area contributed by atoms with Crippen LogP contribution in [0.1, 0.15) is 12.0 Å². The number of nitrogens with one attached hydrogen (secondary N) is 3. The third-order valence-electron chi connectivity index (χ3n) is 3.91. The van der Waals surface area contributed by atoms with E-state index >= 15 is 0 Å². The molecule has 0 atom stereocenters. The lowest BCUT2D eigenvalue weighted by Gasteiger charge is -2.26. The smallest absolute Gasteiger partial charge is 0.315 e. The third kappa shape index (κ3) is 7.41. The van der Waals surface area contributed by atoms with Gasteiger partial charge in [0, 0.05) is 29.8 Å². The molecule has 25 heavy (non-hydrogen) atoms. The Kier molecular flexibility index (Phi) is 8.17. The highest BCUT2D eigenvalue weighted by atomic mass is 79.9. The van der Waals surface area contributed by atoms with E-state index in [-0.39, 0.29) is 18.5 Å². The second kappa shape index (κ2) is 10.4. The van der Waals surface area contributed by atoms with Gasteiger partial charge in [-0.2, -0.15) is 0 Å². The van der Waals surface area contributed by atoms with Crippen LogP contribution < -0.4 is 16.0 Å². The van der Waals surface area contributed by atoms with Crippen molar-refractivity contribution in [2.45, 2.75) is 13.3 Å². The zero-order valence-electron chi connectivity index (χ0n) is 14.4. The largest absolute Gasteiger partial charge is 0.379 e. The molecule has 0 aromatic heterocycles. The van der Waals surface area contributed by atoms with E-state index in [4.69, 9.17) is 4.74 Å². The Morgan fingerprint density at radius 3 is 2.72 bits per heavy atom. The number of aryl methyl sites for hydroxylation is 1. The molecule has 0 bridgehead atoms. The second-order valence-electron chi connectivity index (χ2n) is 5.92. The molecule has 0 spiro atoms. The van der Waals surface area contributed by atoms with E-state index in [0.29, 0.717) is 6.54 Å². The summed E-state index contributed by atoms with van der Waals surface area (Å²) in [7, 11) is 0. The Morgan fingerprint density at radius 1 is 1.24 bits per heavy atom. The van der Waals surface area contributed by atoms with E-state index in [1.54, 1.807) is 0 Å². The number of carbonyl (C=O) groups is 2. The van der Waals surface area contributed by atoms with Gasteiger partial charge in [0.1, 0.15) is 0 Å². The molecule has 3 N–H and O–H groups in total. The molecule has 138 valence electrons. The number of anilines is 1. The number of ether oxygens (including phenoxy) is 1. The fourth-order valence-corrected chi connectivity index (χ4v) is 2.99. The van der Waals surface area contributed by atoms with Crippen LogP contribution in [0.2, 0.25) is 0 Å². The van der Waals surface area contributed by atoms with Crippen LogP contribution in [0.5, 0.6) is 0 Å². The lowest BCUT2D eigenvalue weighted by atomic mass is 10.2. The fourth-order valence-electron chi connectivity index (χ4n) is 2.51. The molecule has 8 heteroatoms. The number of benzene rings is 1. The number of morpholine rings is 1. The second-order valence-corrected chi connectivity index (χ2v) is 6.84. The zero-order valence-corrected chi connectivity index (χ0v) is 16.0. The predicted octanol–water partition coefficient (Wildman–Crippen LogP) is 1.72. The molecule has 1 aliphatic rings. The van der Waals surface area contributed by atoms with Crippen LogP contribution in [0.25, 0.3) is 0 Å². The molecule has 2 rings (SSSR count). The van der Waals surface area contributed by atoms with Gasteiger partial charge in [0.2, 0.25) is 5.91 Å². The number of hydrogen-bond donors (Lipinski definition) is 3. The minimum atomic E-state index is -0.329. The summed E-state index contributed by atoms with van der Waals surface area (Å²) in [5.41, 5.74) is 1.69. The molecule has 0 radical (unpaired) electrons. The minimum Gasteiger partial charge on any atom is -0.379 e. The van der Waals surface area contributed by atoms with Crippen molar-refractivity contribution in [2.24, 2.45) is 0 Å². The monoisotopic (exact) mass is 412 g/mol. The van der Waals surface area contributed by atoms with Crippen LogP contribution in [0.3, 0.4) is 0 Å². The predicted molar refractivity (Wildman–Crippen MR) is 101 cm³/mol. The van der Waals surface area contributed by atoms with Gasteiger partial charge in [-0.15, -0.1) is 0 Å². The Balaban J connectivity index is 1.58. The minimum absolute atomic E-state index is 0.0647. The molecule has 7 nitrogen and oxygen atoms in total. The van der Waals surface area contributed by atoms with Crippen LogP contribution in [-0.2, 0) is 9.53 Å². The summed E-state index contributed by atoms with van der Waals surface area (Å²) >= 11 is 3.38. The number of amides is 3. The van der Waals surface area contributed by atoms with Gasteiger partial charge in [-0.05, 0) is 43.7 Å². The average molecular weight is 413 g/mol. The van der Waals surface area contributed by atoms with Gasteiger partial charge in [-0.1, -0.05) is 15.9 Å². The molecule has 1 heterocycles. The Morgan fingerprint density at radius 2 is 2.00 bits per heavy atom. The van der Waals surface area contributed by atoms with Gasteiger partial charge in [0.15, 0.2) is 0 Å². The Labute approximate surface area is 156 Å². The van der Waals surface area contributed by atoms with E-state index in [1.165, 1.54) is 0 Å². The van der Waals surface area contributed by atoms with Gasteiger partial charge in [-0.3, -0.25) is 9.69 Å². The van der Waals surface area contributed by atoms with E-state index in [0.717, 1.165) is 55.0 Å². The molecule has 1 aliphatic heterocycles. The summed E-state index contributed by atoms with van der Waals surface area (Å²) in [4.78, 5) is 25.9. The zero-order chi connectivity index (χ0) is 18.1. The maximum absolute atomic E-state index is 11.9. The molecule has 0 aliphatic carbocycles. The number of carbonyl (C=O) groups excluding carboxylic acids is 2. The van der Waals surface area contributed by atoms with E-state index in [9.17, 15) is 9.59 Å². The lowest BCUT2D eigenvalue weighted by Crippen LogP contribution is -2.42. The van der Waals surface area contributed by atoms with Crippen molar-refractivity contribution < 1.29 is 14.3 Å². The van der Waals surface area contributed by atoms with E-state index < -0.39 is 0 Å². The number of hydrogen-bond acceptors (Lipinski definition) is 4. The van der Waals surface area contributed by atoms with Gasteiger partial charge in [0.25, 0.3) is 0 Å². The van der Waals surface area contributed by atoms with E-state index in [1.807, 2.05) is 25.1 Å². The SMILES string of the molecule is Cc1cc(Br)ccc1NC(=O)CNC(=O)NCCCN1CCOCC1. The summed E-state index contributed by atoms with van der Waals surface area (Å²) in [6, 6.07) is 5.27. The fraction of sp³-hybridized carbons (Fsp3) is 0.529. The van der Waals surface area contributed by atoms with Crippen LogP contribution in [0, 0.1) is 6.92 Å². The summed E-state index contributed by atoms with van der Waals surface area (Å²) < 4.78 is 6.25. The molecule has 0 unspecified atom stereocenters. The van der Waals surface area contributed by atoms with Gasteiger partial charge < -0.3 is 20.7 Å². The van der Waals surface area contributed by atoms with Crippen molar-refractivity contribution in [1.29, 1.82) is 0 Å². The lowest BCUT2D eigenvalue weighted by molar-refractivity contribution is -0.115. The Bertz CT molecular complexity index is 591. The quantitative estimate of drug-likeness (QED) is 0.595. The van der Waals surface area contributed by atoms with Crippen molar-refractivity contribution in [3.63, 3.8) is 0 Å². The molecule has 1 aromatic rings. The molecular formula is C17H25BrN4O3. The third-order valence-corrected chi connectivity index (χ3v) is 4.41. The summed E-state index contributed by atoms with van der Waals surface area (Å²) in [6.07, 6.45) is 0.873. The maximum Gasteiger partial charge on any atom is 0.315 e. The van der Waals surface area contributed by atoms with Gasteiger partial charge in [-0.25, -0.2) is 4.79 Å². The van der Waals surface area contributed by atoms with Gasteiger partial charge in [0.05, 0.1) is 19.8 Å². The number of halogens is 1. The first kappa shape index (κ1) is 19.7. The molecule has 1 aromatic carbocycles. The molecule has 1 saturated heterocycles. The van der Waals surface area contributed by atoms with Gasteiger partial charge >= 0.3 is 6.03 Å². The highest BCUT2D eigenvalue weighted by Gasteiger charge is 2.10. The summed E-state index contributed by atoms with van der Waals surface area (Å²) in [5.74, 6) is -0.256. The molecule has 3 amide bonds. The van der Waals surface area contributed by atoms with Crippen LogP contribution in [-0.4, -0.2) is 62.8 Å². The first-order chi connectivity index (χ1) is 12.0.